The van der Waals surface area contributed by atoms with E-state index >= 15 is 0 Å². The number of hydrogen-bond acceptors (Lipinski definition) is 6. The van der Waals surface area contributed by atoms with E-state index in [-0.39, 0.29) is 11.7 Å². The number of amides is 1. The second kappa shape index (κ2) is 9.36. The summed E-state index contributed by atoms with van der Waals surface area (Å²) in [5, 5.41) is 10.5. The van der Waals surface area contributed by atoms with Gasteiger partial charge in [0.25, 0.3) is 0 Å². The standard InChI is InChI=1S/C27H23N5OS2/c1-2-3-16-31-19-11-5-4-10-18(19)25-26(31)28-27(30-29-25)34-17-24(33)32-20-12-6-8-14-22(20)35-23-15-9-7-13-21(23)32/h4-15H,2-3,16-17H2,1H3. The molecule has 0 saturated heterocycles. The van der Waals surface area contributed by atoms with E-state index in [1.807, 2.05) is 53.4 Å². The maximum Gasteiger partial charge on any atom is 0.242 e. The third-order valence-corrected chi connectivity index (χ3v) is 8.05. The van der Waals surface area contributed by atoms with Gasteiger partial charge in [-0.25, -0.2) is 4.98 Å². The van der Waals surface area contributed by atoms with Crippen molar-refractivity contribution in [2.75, 3.05) is 10.7 Å². The summed E-state index contributed by atoms with van der Waals surface area (Å²) >= 11 is 3.02. The van der Waals surface area contributed by atoms with Crippen molar-refractivity contribution in [1.29, 1.82) is 0 Å². The fourth-order valence-corrected chi connectivity index (χ4v) is 6.15. The fraction of sp³-hybridized carbons (Fsp3) is 0.185. The summed E-state index contributed by atoms with van der Waals surface area (Å²) in [4.78, 5) is 22.3. The van der Waals surface area contributed by atoms with Crippen molar-refractivity contribution in [3.8, 4) is 0 Å². The predicted molar refractivity (Wildman–Crippen MR) is 143 cm³/mol. The van der Waals surface area contributed by atoms with Crippen LogP contribution in [0.1, 0.15) is 19.8 Å². The third-order valence-electron chi connectivity index (χ3n) is 6.10. The number of aromatic nitrogens is 4. The Bertz CT molecular complexity index is 1520. The molecule has 0 saturated carbocycles. The summed E-state index contributed by atoms with van der Waals surface area (Å²) in [6.07, 6.45) is 2.16. The monoisotopic (exact) mass is 497 g/mol. The molecule has 0 aliphatic carbocycles. The Labute approximate surface area is 211 Å². The topological polar surface area (TPSA) is 63.9 Å². The lowest BCUT2D eigenvalue weighted by Crippen LogP contribution is -2.30. The van der Waals surface area contributed by atoms with Crippen molar-refractivity contribution >= 4 is 62.9 Å². The largest absolute Gasteiger partial charge is 0.324 e. The summed E-state index contributed by atoms with van der Waals surface area (Å²) in [6, 6.07) is 24.3. The van der Waals surface area contributed by atoms with Crippen molar-refractivity contribution in [2.24, 2.45) is 0 Å². The van der Waals surface area contributed by atoms with Crippen molar-refractivity contribution in [2.45, 2.75) is 41.3 Å². The molecule has 0 atom stereocenters. The van der Waals surface area contributed by atoms with Gasteiger partial charge in [0.05, 0.1) is 22.6 Å². The Morgan fingerprint density at radius 2 is 1.60 bits per heavy atom. The molecule has 174 valence electrons. The molecule has 1 aliphatic rings. The molecular weight excluding hydrogens is 474 g/mol. The first kappa shape index (κ1) is 22.1. The SMILES string of the molecule is CCCCn1c2ccccc2c2nnc(SCC(=O)N3c4ccccc4Sc4ccccc43)nc21. The van der Waals surface area contributed by atoms with E-state index in [9.17, 15) is 4.79 Å². The molecule has 3 aromatic carbocycles. The van der Waals surface area contributed by atoms with Gasteiger partial charge in [0.15, 0.2) is 5.65 Å². The number of unbranched alkanes of at least 4 members (excludes halogenated alkanes) is 1. The van der Waals surface area contributed by atoms with Gasteiger partial charge >= 0.3 is 0 Å². The molecule has 0 fully saturated rings. The number of rotatable bonds is 6. The van der Waals surface area contributed by atoms with Crippen molar-refractivity contribution in [1.82, 2.24) is 19.7 Å². The molecule has 1 amide bonds. The van der Waals surface area contributed by atoms with E-state index in [4.69, 9.17) is 4.98 Å². The second-order valence-electron chi connectivity index (χ2n) is 8.34. The number of carbonyl (C=O) groups is 1. The number of benzene rings is 3. The molecule has 0 bridgehead atoms. The number of carbonyl (C=O) groups excluding carboxylic acids is 1. The molecule has 0 N–H and O–H groups in total. The normalized spacial score (nSPS) is 12.7. The van der Waals surface area contributed by atoms with Gasteiger partial charge < -0.3 is 4.57 Å². The van der Waals surface area contributed by atoms with E-state index in [1.54, 1.807) is 11.8 Å². The minimum atomic E-state index is -0.00887. The Balaban J connectivity index is 1.31. The van der Waals surface area contributed by atoms with Crippen molar-refractivity contribution in [3.63, 3.8) is 0 Å². The van der Waals surface area contributed by atoms with E-state index < -0.39 is 0 Å². The molecule has 0 radical (unpaired) electrons. The second-order valence-corrected chi connectivity index (χ2v) is 10.4. The highest BCUT2D eigenvalue weighted by atomic mass is 32.2. The van der Waals surface area contributed by atoms with Gasteiger partial charge in [-0.3, -0.25) is 9.69 Å². The number of para-hydroxylation sites is 3. The van der Waals surface area contributed by atoms with E-state index in [0.717, 1.165) is 62.6 Å². The average Bonchev–Trinajstić information content (AvgIpc) is 3.22. The molecule has 0 unspecified atom stereocenters. The number of fused-ring (bicyclic) bond motifs is 5. The summed E-state index contributed by atoms with van der Waals surface area (Å²) < 4.78 is 2.23. The van der Waals surface area contributed by atoms with E-state index in [2.05, 4.69) is 46.0 Å². The molecule has 0 spiro atoms. The first-order valence-corrected chi connectivity index (χ1v) is 13.5. The highest BCUT2D eigenvalue weighted by Gasteiger charge is 2.28. The van der Waals surface area contributed by atoms with E-state index in [1.165, 1.54) is 11.8 Å². The lowest BCUT2D eigenvalue weighted by Gasteiger charge is -2.30. The maximum atomic E-state index is 13.5. The molecule has 35 heavy (non-hydrogen) atoms. The Kier molecular flexibility index (Phi) is 5.91. The average molecular weight is 498 g/mol. The van der Waals surface area contributed by atoms with Gasteiger partial charge in [-0.05, 0) is 36.8 Å². The van der Waals surface area contributed by atoms with Crippen LogP contribution in [0, 0.1) is 0 Å². The molecule has 1 aliphatic heterocycles. The number of nitrogens with zero attached hydrogens (tertiary/aromatic N) is 5. The maximum absolute atomic E-state index is 13.5. The van der Waals surface area contributed by atoms with Gasteiger partial charge in [0, 0.05) is 21.7 Å². The summed E-state index contributed by atoms with van der Waals surface area (Å²) in [7, 11) is 0. The minimum Gasteiger partial charge on any atom is -0.324 e. The zero-order valence-corrected chi connectivity index (χ0v) is 20.9. The molecule has 3 heterocycles. The molecule has 8 heteroatoms. The van der Waals surface area contributed by atoms with Gasteiger partial charge in [-0.15, -0.1) is 10.2 Å². The fourth-order valence-electron chi connectivity index (χ4n) is 4.46. The Morgan fingerprint density at radius 3 is 2.34 bits per heavy atom. The van der Waals surface area contributed by atoms with Crippen LogP contribution in [0.4, 0.5) is 11.4 Å². The minimum absolute atomic E-state index is 0.00887. The van der Waals surface area contributed by atoms with E-state index in [0.29, 0.717) is 5.16 Å². The van der Waals surface area contributed by atoms with Crippen LogP contribution in [0.25, 0.3) is 22.1 Å². The van der Waals surface area contributed by atoms with Crippen molar-refractivity contribution in [3.05, 3.63) is 72.8 Å². The van der Waals surface area contributed by atoms with Crippen LogP contribution in [-0.2, 0) is 11.3 Å². The summed E-state index contributed by atoms with van der Waals surface area (Å²) in [5.41, 5.74) is 4.58. The predicted octanol–water partition coefficient (Wildman–Crippen LogP) is 6.70. The van der Waals surface area contributed by atoms with Gasteiger partial charge in [-0.1, -0.05) is 79.3 Å². The Hall–Kier alpha value is -3.36. The van der Waals surface area contributed by atoms with Gasteiger partial charge in [0.2, 0.25) is 11.1 Å². The number of thioether (sulfide) groups is 1. The van der Waals surface area contributed by atoms with Crippen LogP contribution in [-0.4, -0.2) is 31.4 Å². The first-order chi connectivity index (χ1) is 17.2. The highest BCUT2D eigenvalue weighted by Crippen LogP contribution is 2.48. The first-order valence-electron chi connectivity index (χ1n) is 11.7. The summed E-state index contributed by atoms with van der Waals surface area (Å²) in [6.45, 7) is 3.06. The molecule has 6 nitrogen and oxygen atoms in total. The smallest absolute Gasteiger partial charge is 0.242 e. The molecular formula is C27H23N5OS2. The van der Waals surface area contributed by atoms with Gasteiger partial charge in [-0.2, -0.15) is 0 Å². The zero-order valence-electron chi connectivity index (χ0n) is 19.2. The Morgan fingerprint density at radius 1 is 0.914 bits per heavy atom. The third kappa shape index (κ3) is 3.96. The zero-order chi connectivity index (χ0) is 23.8. The van der Waals surface area contributed by atoms with Crippen LogP contribution in [0.3, 0.4) is 0 Å². The van der Waals surface area contributed by atoms with Crippen LogP contribution in [0.5, 0.6) is 0 Å². The molecule has 2 aromatic heterocycles. The van der Waals surface area contributed by atoms with Crippen LogP contribution in [0.15, 0.2) is 87.7 Å². The van der Waals surface area contributed by atoms with Crippen LogP contribution in [0.2, 0.25) is 0 Å². The highest BCUT2D eigenvalue weighted by molar-refractivity contribution is 8.00. The lowest BCUT2D eigenvalue weighted by molar-refractivity contribution is -0.115. The van der Waals surface area contributed by atoms with Crippen LogP contribution >= 0.6 is 23.5 Å². The molecule has 5 aromatic rings. The number of hydrogen-bond donors (Lipinski definition) is 0. The van der Waals surface area contributed by atoms with Crippen molar-refractivity contribution < 1.29 is 4.79 Å². The van der Waals surface area contributed by atoms with Crippen LogP contribution < -0.4 is 4.90 Å². The quantitative estimate of drug-likeness (QED) is 0.243. The molecule has 6 rings (SSSR count). The summed E-state index contributed by atoms with van der Waals surface area (Å²) in [5.74, 6) is 0.209. The van der Waals surface area contributed by atoms with Gasteiger partial charge in [0.1, 0.15) is 5.52 Å². The number of anilines is 2. The number of aryl methyl sites for hydroxylation is 1. The lowest BCUT2D eigenvalue weighted by atomic mass is 10.2.